The van der Waals surface area contributed by atoms with Crippen molar-refractivity contribution in [1.82, 2.24) is 19.9 Å². The molecule has 3 aromatic heterocycles. The molecule has 34 heavy (non-hydrogen) atoms. The number of hydrogen-bond donors (Lipinski definition) is 2. The van der Waals surface area contributed by atoms with Crippen molar-refractivity contribution < 1.29 is 0 Å². The second-order valence-electron chi connectivity index (χ2n) is 11.3. The zero-order chi connectivity index (χ0) is 23.1. The van der Waals surface area contributed by atoms with Crippen molar-refractivity contribution in [3.63, 3.8) is 0 Å². The molecule has 0 spiro atoms. The molecule has 0 aromatic carbocycles. The van der Waals surface area contributed by atoms with Gasteiger partial charge in [0.2, 0.25) is 0 Å². The molecule has 0 amide bonds. The molecule has 0 radical (unpaired) electrons. The molecule has 2 aliphatic carbocycles. The Morgan fingerprint density at radius 3 is 2.03 bits per heavy atom. The van der Waals surface area contributed by atoms with Crippen LogP contribution in [0.25, 0.3) is 46.4 Å². The predicted molar refractivity (Wildman–Crippen MR) is 141 cm³/mol. The smallest absolute Gasteiger partial charge is 0.0659 e. The third-order valence-electron chi connectivity index (χ3n) is 9.37. The number of nitrogens with one attached hydrogen (secondary N) is 2. The SMILES string of the molecule is CC1(C)C2CCC1(C)C(c1cc3cc4ccc(cc5nc(cc6nc(cc1[nH]3)C=C6)C=C5)[nH]4)C2. The number of aromatic nitrogens is 4. The van der Waals surface area contributed by atoms with Gasteiger partial charge in [-0.2, -0.15) is 0 Å². The number of rotatable bonds is 1. The van der Waals surface area contributed by atoms with Gasteiger partial charge in [-0.05, 0) is 114 Å². The van der Waals surface area contributed by atoms with Crippen LogP contribution in [0.3, 0.4) is 0 Å². The summed E-state index contributed by atoms with van der Waals surface area (Å²) in [6.45, 7) is 7.52. The standard InChI is InChI=1S/C30H30N4/c1-29(2)18-10-11-30(29,3)27(12-18)26-16-25-15-23-7-6-21(32-23)13-19-4-5-20(31-19)14-22-8-9-24(33-22)17-28(26)34-25/h4-9,13-18,27,32,34H,10-12H2,1-3H3. The van der Waals surface area contributed by atoms with Crippen LogP contribution in [0.4, 0.5) is 0 Å². The summed E-state index contributed by atoms with van der Waals surface area (Å²) in [6.07, 6.45) is 12.2. The van der Waals surface area contributed by atoms with Gasteiger partial charge in [0.25, 0.3) is 0 Å². The summed E-state index contributed by atoms with van der Waals surface area (Å²) in [5, 5.41) is 0. The van der Waals surface area contributed by atoms with Crippen molar-refractivity contribution in [2.75, 3.05) is 0 Å². The van der Waals surface area contributed by atoms with Gasteiger partial charge in [0.05, 0.1) is 22.8 Å². The molecule has 4 heteroatoms. The van der Waals surface area contributed by atoms with E-state index in [2.05, 4.69) is 85.4 Å². The first-order chi connectivity index (χ1) is 16.4. The van der Waals surface area contributed by atoms with Gasteiger partial charge in [-0.15, -0.1) is 0 Å². The van der Waals surface area contributed by atoms with Crippen LogP contribution in [-0.2, 0) is 0 Å². The lowest BCUT2D eigenvalue weighted by molar-refractivity contribution is 0.135. The average Bonchev–Trinajstić information content (AvgIpc) is 3.62. The van der Waals surface area contributed by atoms with Crippen LogP contribution >= 0.6 is 0 Å². The maximum Gasteiger partial charge on any atom is 0.0659 e. The van der Waals surface area contributed by atoms with E-state index < -0.39 is 0 Å². The molecule has 2 aliphatic heterocycles. The van der Waals surface area contributed by atoms with E-state index in [0.717, 1.165) is 45.2 Å². The lowest BCUT2D eigenvalue weighted by Gasteiger charge is -2.39. The van der Waals surface area contributed by atoms with E-state index in [4.69, 9.17) is 9.97 Å². The Hall–Kier alpha value is -3.40. The van der Waals surface area contributed by atoms with Gasteiger partial charge in [-0.1, -0.05) is 20.8 Å². The van der Waals surface area contributed by atoms with Crippen molar-refractivity contribution in [2.45, 2.75) is 46.0 Å². The normalized spacial score (nSPS) is 26.4. The summed E-state index contributed by atoms with van der Waals surface area (Å²) < 4.78 is 0. The molecule has 2 saturated carbocycles. The molecule has 3 aromatic rings. The quantitative estimate of drug-likeness (QED) is 0.279. The van der Waals surface area contributed by atoms with Gasteiger partial charge >= 0.3 is 0 Å². The molecule has 5 heterocycles. The third kappa shape index (κ3) is 2.91. The molecule has 4 aliphatic rings. The second-order valence-corrected chi connectivity index (χ2v) is 11.3. The van der Waals surface area contributed by atoms with E-state index >= 15 is 0 Å². The van der Waals surface area contributed by atoms with Crippen molar-refractivity contribution in [3.05, 3.63) is 70.8 Å². The minimum atomic E-state index is 0.326. The van der Waals surface area contributed by atoms with E-state index in [1.807, 2.05) is 12.2 Å². The van der Waals surface area contributed by atoms with Crippen molar-refractivity contribution >= 4 is 46.4 Å². The highest BCUT2D eigenvalue weighted by Crippen LogP contribution is 2.71. The Morgan fingerprint density at radius 2 is 1.38 bits per heavy atom. The first kappa shape index (κ1) is 20.0. The molecule has 4 nitrogen and oxygen atoms in total. The van der Waals surface area contributed by atoms with E-state index in [1.165, 1.54) is 30.3 Å². The first-order valence-corrected chi connectivity index (χ1v) is 12.5. The van der Waals surface area contributed by atoms with E-state index in [0.29, 0.717) is 16.7 Å². The molecule has 3 atom stereocenters. The van der Waals surface area contributed by atoms with Crippen molar-refractivity contribution in [2.24, 2.45) is 16.7 Å². The first-order valence-electron chi connectivity index (χ1n) is 12.5. The highest BCUT2D eigenvalue weighted by Gasteiger charge is 2.61. The van der Waals surface area contributed by atoms with Gasteiger partial charge in [0, 0.05) is 22.1 Å². The predicted octanol–water partition coefficient (Wildman–Crippen LogP) is 7.59. The molecule has 2 fully saturated rings. The third-order valence-corrected chi connectivity index (χ3v) is 9.37. The van der Waals surface area contributed by atoms with E-state index in [9.17, 15) is 0 Å². The molecule has 2 N–H and O–H groups in total. The Bertz CT molecular complexity index is 1550. The summed E-state index contributed by atoms with van der Waals surface area (Å²) in [6, 6.07) is 15.2. The van der Waals surface area contributed by atoms with Gasteiger partial charge < -0.3 is 9.97 Å². The number of hydrogen-bond acceptors (Lipinski definition) is 2. The number of H-pyrrole nitrogens is 2. The maximum absolute atomic E-state index is 4.88. The molecule has 3 unspecified atom stereocenters. The fourth-order valence-electron chi connectivity index (χ4n) is 7.00. The van der Waals surface area contributed by atoms with Crippen LogP contribution in [0.5, 0.6) is 0 Å². The van der Waals surface area contributed by atoms with Gasteiger partial charge in [-0.25, -0.2) is 9.97 Å². The molecule has 7 rings (SSSR count). The highest BCUT2D eigenvalue weighted by atomic mass is 14.8. The summed E-state index contributed by atoms with van der Waals surface area (Å²) in [5.41, 5.74) is 10.4. The van der Waals surface area contributed by atoms with Crippen LogP contribution < -0.4 is 0 Å². The van der Waals surface area contributed by atoms with E-state index in [-0.39, 0.29) is 0 Å². The molecular weight excluding hydrogens is 416 g/mol. The van der Waals surface area contributed by atoms with Crippen LogP contribution in [0.15, 0.2) is 42.5 Å². The molecular formula is C30H30N4. The second kappa shape index (κ2) is 6.82. The molecule has 0 saturated heterocycles. The Labute approximate surface area is 199 Å². The van der Waals surface area contributed by atoms with Gasteiger partial charge in [0.1, 0.15) is 0 Å². The lowest BCUT2D eigenvalue weighted by Crippen LogP contribution is -2.31. The fraction of sp³-hybridized carbons (Fsp3) is 0.333. The number of fused-ring (bicyclic) bond motifs is 10. The minimum Gasteiger partial charge on any atom is -0.355 e. The van der Waals surface area contributed by atoms with Gasteiger partial charge in [0.15, 0.2) is 0 Å². The van der Waals surface area contributed by atoms with Crippen LogP contribution in [0, 0.1) is 16.7 Å². The lowest BCUT2D eigenvalue weighted by atomic mass is 9.65. The number of aromatic amines is 2. The molecule has 170 valence electrons. The summed E-state index contributed by atoms with van der Waals surface area (Å²) in [4.78, 5) is 16.9. The minimum absolute atomic E-state index is 0.326. The van der Waals surface area contributed by atoms with Crippen molar-refractivity contribution in [1.29, 1.82) is 0 Å². The van der Waals surface area contributed by atoms with Gasteiger partial charge in [-0.3, -0.25) is 0 Å². The number of nitrogens with zero attached hydrogens (tertiary/aromatic N) is 2. The summed E-state index contributed by atoms with van der Waals surface area (Å²) in [5.74, 6) is 1.37. The monoisotopic (exact) mass is 446 g/mol. The largest absolute Gasteiger partial charge is 0.355 e. The van der Waals surface area contributed by atoms with Crippen LogP contribution in [0.1, 0.15) is 74.3 Å². The Kier molecular flexibility index (Phi) is 4.01. The topological polar surface area (TPSA) is 57.4 Å². The Balaban J connectivity index is 1.49. The Morgan fingerprint density at radius 1 is 0.735 bits per heavy atom. The fourth-order valence-corrected chi connectivity index (χ4v) is 7.00. The van der Waals surface area contributed by atoms with Crippen LogP contribution in [-0.4, -0.2) is 19.9 Å². The van der Waals surface area contributed by atoms with E-state index in [1.54, 1.807) is 0 Å². The maximum atomic E-state index is 4.88. The highest BCUT2D eigenvalue weighted by molar-refractivity contribution is 5.78. The zero-order valence-corrected chi connectivity index (χ0v) is 20.0. The summed E-state index contributed by atoms with van der Waals surface area (Å²) in [7, 11) is 0. The average molecular weight is 447 g/mol. The molecule has 10 bridgehead atoms. The zero-order valence-electron chi connectivity index (χ0n) is 20.0. The summed E-state index contributed by atoms with van der Waals surface area (Å²) >= 11 is 0. The van der Waals surface area contributed by atoms with Crippen LogP contribution in [0.2, 0.25) is 0 Å². The van der Waals surface area contributed by atoms with Crippen molar-refractivity contribution in [3.8, 4) is 0 Å².